The molecule has 25 heavy (non-hydrogen) atoms. The highest BCUT2D eigenvalue weighted by Gasteiger charge is 2.60. The molecule has 1 saturated carbocycles. The number of fused-ring (bicyclic) bond motifs is 1. The number of aliphatic hydroxyl groups is 7. The maximum Gasteiger partial charge on any atom is 0.221 e. The van der Waals surface area contributed by atoms with E-state index >= 15 is 0 Å². The lowest BCUT2D eigenvalue weighted by molar-refractivity contribution is -0.419. The Morgan fingerprint density at radius 3 is 2.40 bits per heavy atom. The predicted molar refractivity (Wildman–Crippen MR) is 78.3 cm³/mol. The van der Waals surface area contributed by atoms with E-state index in [4.69, 9.17) is 14.2 Å². The van der Waals surface area contributed by atoms with Crippen molar-refractivity contribution in [3.05, 3.63) is 12.3 Å². The molecule has 0 spiro atoms. The zero-order valence-electron chi connectivity index (χ0n) is 13.6. The zero-order valence-corrected chi connectivity index (χ0v) is 13.6. The largest absolute Gasteiger partial charge is 0.472 e. The number of rotatable bonds is 3. The van der Waals surface area contributed by atoms with Crippen LogP contribution in [-0.4, -0.2) is 90.2 Å². The van der Waals surface area contributed by atoms with E-state index in [1.807, 2.05) is 0 Å². The van der Waals surface area contributed by atoms with Crippen molar-refractivity contribution in [3.63, 3.8) is 0 Å². The molecule has 0 amide bonds. The molecule has 10 nitrogen and oxygen atoms in total. The minimum absolute atomic E-state index is 0.264. The second-order valence-corrected chi connectivity index (χ2v) is 7.18. The Kier molecular flexibility index (Phi) is 4.64. The summed E-state index contributed by atoms with van der Waals surface area (Å²) >= 11 is 0. The fraction of sp³-hybridized carbons (Fsp3) is 0.867. The zero-order chi connectivity index (χ0) is 18.6. The molecular weight excluding hydrogens is 340 g/mol. The van der Waals surface area contributed by atoms with E-state index in [0.29, 0.717) is 0 Å². The summed E-state index contributed by atoms with van der Waals surface area (Å²) in [6.07, 6.45) is -5.41. The molecule has 0 aromatic heterocycles. The van der Waals surface area contributed by atoms with Gasteiger partial charge in [-0.2, -0.15) is 0 Å². The Bertz CT molecular complexity index is 538. The molecule has 0 aromatic carbocycles. The first-order chi connectivity index (χ1) is 11.5. The Morgan fingerprint density at radius 2 is 1.76 bits per heavy atom. The smallest absolute Gasteiger partial charge is 0.221 e. The standard InChI is InChI=1S/C15H24O10/c1-13(20)2-3-14(21)4-5-23-12(9(13)14)24-11-8(18)7(17)10(19)15(22,6-16)25-11/h4-5,7-12,16-22H,2-3,6H2,1H3/t7-,8-,9-,10+,11+,12+,13+,14-,15+/m1/s1. The van der Waals surface area contributed by atoms with Crippen LogP contribution in [0.5, 0.6) is 0 Å². The van der Waals surface area contributed by atoms with Gasteiger partial charge in [0.1, 0.15) is 18.3 Å². The van der Waals surface area contributed by atoms with Crippen molar-refractivity contribution >= 4 is 0 Å². The van der Waals surface area contributed by atoms with Gasteiger partial charge in [-0.3, -0.25) is 0 Å². The first-order valence-corrected chi connectivity index (χ1v) is 8.03. The SMILES string of the molecule is C[C@]1(O)CC[C@@]2(O)C=CO[C@@H](O[C@H]3O[C@@](O)(CO)[C@@H](O)[C@H](O)[C@H]3O)[C@H]12. The third kappa shape index (κ3) is 2.97. The minimum Gasteiger partial charge on any atom is -0.472 e. The van der Waals surface area contributed by atoms with Gasteiger partial charge in [0.2, 0.25) is 12.1 Å². The Labute approximate surface area is 143 Å². The lowest BCUT2D eigenvalue weighted by Crippen LogP contribution is -2.67. The van der Waals surface area contributed by atoms with Gasteiger partial charge < -0.3 is 50.0 Å². The van der Waals surface area contributed by atoms with E-state index in [9.17, 15) is 35.7 Å². The van der Waals surface area contributed by atoms with E-state index in [0.717, 1.165) is 0 Å². The van der Waals surface area contributed by atoms with Crippen LogP contribution in [0.4, 0.5) is 0 Å². The molecule has 10 heteroatoms. The molecule has 0 aromatic rings. The molecule has 3 aliphatic rings. The molecular formula is C15H24O10. The summed E-state index contributed by atoms with van der Waals surface area (Å²) in [5.74, 6) is -3.48. The maximum absolute atomic E-state index is 10.7. The van der Waals surface area contributed by atoms with Crippen LogP contribution in [0.25, 0.3) is 0 Å². The highest BCUT2D eigenvalue weighted by molar-refractivity contribution is 5.16. The van der Waals surface area contributed by atoms with Gasteiger partial charge in [-0.25, -0.2) is 0 Å². The lowest BCUT2D eigenvalue weighted by Gasteiger charge is -2.47. The molecule has 2 fully saturated rings. The number of aliphatic hydroxyl groups excluding tert-OH is 4. The third-order valence-electron chi connectivity index (χ3n) is 5.31. The molecule has 144 valence electrons. The number of hydrogen-bond acceptors (Lipinski definition) is 10. The second kappa shape index (κ2) is 6.12. The van der Waals surface area contributed by atoms with Crippen LogP contribution in [-0.2, 0) is 14.2 Å². The molecule has 9 atom stereocenters. The summed E-state index contributed by atoms with van der Waals surface area (Å²) in [4.78, 5) is 0. The molecule has 2 heterocycles. The van der Waals surface area contributed by atoms with Gasteiger partial charge in [0.25, 0.3) is 0 Å². The molecule has 0 radical (unpaired) electrons. The van der Waals surface area contributed by atoms with Gasteiger partial charge >= 0.3 is 0 Å². The average Bonchev–Trinajstić information content (AvgIpc) is 2.81. The second-order valence-electron chi connectivity index (χ2n) is 7.18. The highest BCUT2D eigenvalue weighted by atomic mass is 16.8. The van der Waals surface area contributed by atoms with Crippen LogP contribution in [0, 0.1) is 5.92 Å². The lowest BCUT2D eigenvalue weighted by atomic mass is 9.82. The van der Waals surface area contributed by atoms with Crippen molar-refractivity contribution in [2.45, 2.75) is 67.6 Å². The summed E-state index contributed by atoms with van der Waals surface area (Å²) in [6.45, 7) is 0.448. The number of ether oxygens (including phenoxy) is 3. The Hall–Kier alpha value is -0.820. The molecule has 3 rings (SSSR count). The average molecular weight is 364 g/mol. The first kappa shape index (κ1) is 19.0. The van der Waals surface area contributed by atoms with E-state index in [1.54, 1.807) is 0 Å². The van der Waals surface area contributed by atoms with Crippen LogP contribution in [0.15, 0.2) is 12.3 Å². The minimum atomic E-state index is -2.55. The highest BCUT2D eigenvalue weighted by Crippen LogP contribution is 2.49. The summed E-state index contributed by atoms with van der Waals surface area (Å²) in [5.41, 5.74) is -2.73. The van der Waals surface area contributed by atoms with Gasteiger partial charge in [-0.15, -0.1) is 0 Å². The molecule has 1 saturated heterocycles. The Morgan fingerprint density at radius 1 is 1.08 bits per heavy atom. The van der Waals surface area contributed by atoms with Crippen LogP contribution in [0.2, 0.25) is 0 Å². The third-order valence-corrected chi connectivity index (χ3v) is 5.31. The van der Waals surface area contributed by atoms with Gasteiger partial charge in [0.05, 0.1) is 30.0 Å². The van der Waals surface area contributed by atoms with Crippen molar-refractivity contribution in [2.24, 2.45) is 5.92 Å². The molecule has 0 bridgehead atoms. The fourth-order valence-corrected chi connectivity index (χ4v) is 3.77. The molecule has 1 aliphatic carbocycles. The van der Waals surface area contributed by atoms with Crippen LogP contribution in [0.1, 0.15) is 19.8 Å². The molecule has 7 N–H and O–H groups in total. The maximum atomic E-state index is 10.7. The van der Waals surface area contributed by atoms with Crippen molar-refractivity contribution in [1.82, 2.24) is 0 Å². The van der Waals surface area contributed by atoms with Crippen molar-refractivity contribution in [1.29, 1.82) is 0 Å². The quantitative estimate of drug-likeness (QED) is 0.272. The van der Waals surface area contributed by atoms with Crippen molar-refractivity contribution < 1.29 is 50.0 Å². The predicted octanol–water partition coefficient (Wildman–Crippen LogP) is -3.11. The van der Waals surface area contributed by atoms with Crippen molar-refractivity contribution in [2.75, 3.05) is 6.61 Å². The van der Waals surface area contributed by atoms with Crippen molar-refractivity contribution in [3.8, 4) is 0 Å². The van der Waals surface area contributed by atoms with Gasteiger partial charge in [-0.05, 0) is 25.8 Å². The van der Waals surface area contributed by atoms with Crippen LogP contribution < -0.4 is 0 Å². The van der Waals surface area contributed by atoms with E-state index in [-0.39, 0.29) is 12.8 Å². The number of hydrogen-bond donors (Lipinski definition) is 7. The molecule has 2 aliphatic heterocycles. The van der Waals surface area contributed by atoms with E-state index in [2.05, 4.69) is 0 Å². The first-order valence-electron chi connectivity index (χ1n) is 8.03. The summed E-state index contributed by atoms with van der Waals surface area (Å²) < 4.78 is 15.8. The monoisotopic (exact) mass is 364 g/mol. The van der Waals surface area contributed by atoms with Crippen LogP contribution >= 0.6 is 0 Å². The van der Waals surface area contributed by atoms with Gasteiger partial charge in [0.15, 0.2) is 6.29 Å². The normalized spacial score (nSPS) is 55.7. The van der Waals surface area contributed by atoms with Gasteiger partial charge in [0, 0.05) is 0 Å². The topological polar surface area (TPSA) is 169 Å². The summed E-state index contributed by atoms with van der Waals surface area (Å²) in [6, 6.07) is 0. The summed E-state index contributed by atoms with van der Waals surface area (Å²) in [5, 5.41) is 70.1. The summed E-state index contributed by atoms with van der Waals surface area (Å²) in [7, 11) is 0. The van der Waals surface area contributed by atoms with E-state index in [1.165, 1.54) is 19.3 Å². The van der Waals surface area contributed by atoms with Gasteiger partial charge in [-0.1, -0.05) is 0 Å². The Balaban J connectivity index is 1.82. The van der Waals surface area contributed by atoms with E-state index < -0.39 is 60.4 Å². The van der Waals surface area contributed by atoms with Crippen LogP contribution in [0.3, 0.4) is 0 Å². The fourth-order valence-electron chi connectivity index (χ4n) is 3.77. The molecule has 0 unspecified atom stereocenters.